The van der Waals surface area contributed by atoms with Crippen molar-refractivity contribution in [3.63, 3.8) is 0 Å². The van der Waals surface area contributed by atoms with Crippen LogP contribution >= 0.6 is 27.3 Å². The summed E-state index contributed by atoms with van der Waals surface area (Å²) in [6.45, 7) is 0. The van der Waals surface area contributed by atoms with Gasteiger partial charge in [0.1, 0.15) is 4.90 Å². The maximum Gasteiger partial charge on any atom is 0.267 e. The molecule has 2 aromatic rings. The predicted molar refractivity (Wildman–Crippen MR) is 74.6 cm³/mol. The number of halogens is 1. The van der Waals surface area contributed by atoms with Gasteiger partial charge in [0.05, 0.1) is 8.66 Å². The Labute approximate surface area is 121 Å². The highest BCUT2D eigenvalue weighted by atomic mass is 79.9. The Morgan fingerprint density at radius 1 is 1.53 bits per heavy atom. The van der Waals surface area contributed by atoms with E-state index in [9.17, 15) is 13.2 Å². The summed E-state index contributed by atoms with van der Waals surface area (Å²) in [4.78, 5) is 12.1. The van der Waals surface area contributed by atoms with Gasteiger partial charge in [0.15, 0.2) is 5.82 Å². The fourth-order valence-corrected chi connectivity index (χ4v) is 3.31. The minimum atomic E-state index is -3.94. The third kappa shape index (κ3) is 3.21. The Bertz CT molecular complexity index is 734. The van der Waals surface area contributed by atoms with Crippen molar-refractivity contribution in [3.8, 4) is 0 Å². The zero-order chi connectivity index (χ0) is 14.2. The molecule has 2 heterocycles. The molecule has 0 saturated carbocycles. The average Bonchev–Trinajstić information content (AvgIpc) is 2.84. The van der Waals surface area contributed by atoms with Gasteiger partial charge in [0.25, 0.3) is 5.91 Å². The lowest BCUT2D eigenvalue weighted by atomic mass is 10.4. The van der Waals surface area contributed by atoms with Crippen LogP contribution in [0.5, 0.6) is 0 Å². The lowest BCUT2D eigenvalue weighted by Gasteiger charge is -2.01. The molecule has 2 rings (SSSR count). The normalized spacial score (nSPS) is 11.5. The first-order chi connectivity index (χ1) is 8.77. The molecule has 19 heavy (non-hydrogen) atoms. The van der Waals surface area contributed by atoms with Crippen LogP contribution in [0.15, 0.2) is 27.0 Å². The van der Waals surface area contributed by atoms with Gasteiger partial charge in [-0.2, -0.15) is 5.10 Å². The summed E-state index contributed by atoms with van der Waals surface area (Å²) < 4.78 is 24.8. The van der Waals surface area contributed by atoms with E-state index in [1.54, 1.807) is 12.1 Å². The minimum absolute atomic E-state index is 0.0838. The topological polar surface area (TPSA) is 107 Å². The second-order valence-corrected chi connectivity index (χ2v) is 7.61. The lowest BCUT2D eigenvalue weighted by molar-refractivity contribution is 0.103. The van der Waals surface area contributed by atoms with Crippen LogP contribution in [0.3, 0.4) is 0 Å². The number of sulfonamides is 1. The first-order valence-corrected chi connectivity index (χ1v) is 8.06. The molecule has 3 N–H and O–H groups in total. The molecule has 0 aliphatic heterocycles. The van der Waals surface area contributed by atoms with Gasteiger partial charge in [-0.15, -0.1) is 11.3 Å². The summed E-state index contributed by atoms with van der Waals surface area (Å²) in [6.07, 6.45) is 1.23. The highest BCUT2D eigenvalue weighted by molar-refractivity contribution is 9.11. The van der Waals surface area contributed by atoms with Gasteiger partial charge in [-0.05, 0) is 28.1 Å². The zero-order valence-electron chi connectivity index (χ0n) is 9.62. The van der Waals surface area contributed by atoms with Gasteiger partial charge in [-0.25, -0.2) is 13.6 Å². The number of anilines is 1. The Morgan fingerprint density at radius 3 is 2.74 bits per heavy atom. The minimum Gasteiger partial charge on any atom is -0.303 e. The maximum atomic E-state index is 11.9. The summed E-state index contributed by atoms with van der Waals surface area (Å²) in [7, 11) is -2.41. The number of hydrogen-bond acceptors (Lipinski definition) is 5. The van der Waals surface area contributed by atoms with Gasteiger partial charge < -0.3 is 5.32 Å². The Kier molecular flexibility index (Phi) is 3.76. The molecule has 7 nitrogen and oxygen atoms in total. The summed E-state index contributed by atoms with van der Waals surface area (Å²) in [5.41, 5.74) is 0. The molecule has 0 atom stereocenters. The third-order valence-corrected chi connectivity index (χ3v) is 4.66. The van der Waals surface area contributed by atoms with Crippen molar-refractivity contribution < 1.29 is 13.2 Å². The Hall–Kier alpha value is -1.23. The number of nitrogens with zero attached hydrogens (tertiary/aromatic N) is 2. The third-order valence-electron chi connectivity index (χ3n) is 2.13. The van der Waals surface area contributed by atoms with E-state index in [2.05, 4.69) is 26.3 Å². The van der Waals surface area contributed by atoms with E-state index >= 15 is 0 Å². The van der Waals surface area contributed by atoms with Crippen molar-refractivity contribution in [1.29, 1.82) is 0 Å². The maximum absolute atomic E-state index is 11.9. The van der Waals surface area contributed by atoms with Crippen LogP contribution in [0.4, 0.5) is 5.82 Å². The fraction of sp³-hybridized carbons (Fsp3) is 0.111. The second-order valence-electron chi connectivity index (χ2n) is 3.62. The number of rotatable bonds is 3. The molecule has 2 aromatic heterocycles. The Balaban J connectivity index is 2.32. The van der Waals surface area contributed by atoms with Crippen LogP contribution in [-0.2, 0) is 17.1 Å². The number of aryl methyl sites for hydroxylation is 1. The van der Waals surface area contributed by atoms with E-state index in [-0.39, 0.29) is 10.7 Å². The molecular formula is C9H9BrN4O3S2. The smallest absolute Gasteiger partial charge is 0.267 e. The molecule has 0 bridgehead atoms. The summed E-state index contributed by atoms with van der Waals surface area (Å²) in [5, 5.41) is 11.3. The quantitative estimate of drug-likeness (QED) is 0.851. The second kappa shape index (κ2) is 5.04. The molecule has 1 amide bonds. The fourth-order valence-electron chi connectivity index (χ4n) is 1.37. The van der Waals surface area contributed by atoms with E-state index in [4.69, 9.17) is 5.14 Å². The molecule has 0 unspecified atom stereocenters. The van der Waals surface area contributed by atoms with Crippen LogP contribution < -0.4 is 10.5 Å². The summed E-state index contributed by atoms with van der Waals surface area (Å²) in [6, 6.07) is 3.34. The predicted octanol–water partition coefficient (Wildman–Crippen LogP) is 1.14. The van der Waals surface area contributed by atoms with Crippen molar-refractivity contribution in [1.82, 2.24) is 9.78 Å². The van der Waals surface area contributed by atoms with E-state index in [0.29, 0.717) is 4.88 Å². The number of carbonyl (C=O) groups excluding carboxylic acids is 1. The molecule has 0 aliphatic carbocycles. The van der Waals surface area contributed by atoms with Crippen molar-refractivity contribution in [2.75, 3.05) is 5.32 Å². The molecule has 0 fully saturated rings. The van der Waals surface area contributed by atoms with Crippen molar-refractivity contribution in [3.05, 3.63) is 27.0 Å². The molecule has 0 spiro atoms. The number of hydrogen-bond donors (Lipinski definition) is 2. The van der Waals surface area contributed by atoms with Gasteiger partial charge in [-0.3, -0.25) is 9.48 Å². The molecule has 0 radical (unpaired) electrons. The monoisotopic (exact) mass is 364 g/mol. The van der Waals surface area contributed by atoms with Crippen LogP contribution in [0.1, 0.15) is 9.67 Å². The first-order valence-electron chi connectivity index (χ1n) is 4.90. The van der Waals surface area contributed by atoms with E-state index in [1.165, 1.54) is 29.3 Å². The largest absolute Gasteiger partial charge is 0.303 e. The van der Waals surface area contributed by atoms with Gasteiger partial charge >= 0.3 is 0 Å². The highest BCUT2D eigenvalue weighted by Crippen LogP contribution is 2.24. The molecule has 0 saturated heterocycles. The van der Waals surface area contributed by atoms with Gasteiger partial charge in [0, 0.05) is 13.2 Å². The summed E-state index contributed by atoms with van der Waals surface area (Å²) >= 11 is 4.46. The number of thiophene rings is 1. The number of amides is 1. The van der Waals surface area contributed by atoms with Crippen LogP contribution in [0.25, 0.3) is 0 Å². The molecule has 10 heteroatoms. The van der Waals surface area contributed by atoms with E-state index < -0.39 is 15.9 Å². The first kappa shape index (κ1) is 14.2. The van der Waals surface area contributed by atoms with E-state index in [0.717, 1.165) is 3.79 Å². The van der Waals surface area contributed by atoms with Crippen LogP contribution in [0, 0.1) is 0 Å². The standard InChI is InChI=1S/C9H9BrN4O3S2/c1-14-4-6(19(11,16)17)8(13-14)12-9(15)5-2-3-7(10)18-5/h2-4H,1H3,(H2,11,16,17)(H,12,13,15). The SMILES string of the molecule is Cn1cc(S(N)(=O)=O)c(NC(=O)c2ccc(Br)s2)n1. The van der Waals surface area contributed by atoms with Crippen LogP contribution in [-0.4, -0.2) is 24.1 Å². The van der Waals surface area contributed by atoms with Gasteiger partial charge in [0.2, 0.25) is 10.0 Å². The van der Waals surface area contributed by atoms with Gasteiger partial charge in [-0.1, -0.05) is 0 Å². The molecule has 0 aliphatic rings. The Morgan fingerprint density at radius 2 is 2.21 bits per heavy atom. The molecular weight excluding hydrogens is 356 g/mol. The average molecular weight is 365 g/mol. The number of carbonyl (C=O) groups is 1. The lowest BCUT2D eigenvalue weighted by Crippen LogP contribution is -2.17. The number of nitrogens with one attached hydrogen (secondary N) is 1. The van der Waals surface area contributed by atoms with Crippen LogP contribution in [0.2, 0.25) is 0 Å². The van der Waals surface area contributed by atoms with Crippen molar-refractivity contribution in [2.45, 2.75) is 4.90 Å². The van der Waals surface area contributed by atoms with Crippen molar-refractivity contribution in [2.24, 2.45) is 12.2 Å². The van der Waals surface area contributed by atoms with Crippen molar-refractivity contribution >= 4 is 49.0 Å². The summed E-state index contributed by atoms with van der Waals surface area (Å²) in [5.74, 6) is -0.529. The zero-order valence-corrected chi connectivity index (χ0v) is 12.8. The highest BCUT2D eigenvalue weighted by Gasteiger charge is 2.20. The number of aromatic nitrogens is 2. The number of primary sulfonamides is 1. The molecule has 0 aromatic carbocycles. The number of nitrogens with two attached hydrogens (primary N) is 1. The molecule has 102 valence electrons. The van der Waals surface area contributed by atoms with E-state index in [1.807, 2.05) is 0 Å².